The van der Waals surface area contributed by atoms with Crippen molar-refractivity contribution in [2.24, 2.45) is 0 Å². The number of nitriles is 1. The number of para-hydroxylation sites is 1. The molecule has 1 N–H and O–H groups in total. The Bertz CT molecular complexity index is 442. The molecule has 4 nitrogen and oxygen atoms in total. The van der Waals surface area contributed by atoms with Gasteiger partial charge in [-0.25, -0.2) is 0 Å². The van der Waals surface area contributed by atoms with Crippen LogP contribution in [0.1, 0.15) is 6.92 Å². The van der Waals surface area contributed by atoms with E-state index in [9.17, 15) is 4.79 Å². The molecular weight excluding hydrogens is 282 g/mol. The maximum absolute atomic E-state index is 11.7. The Morgan fingerprint density at radius 2 is 2.24 bits per heavy atom. The third-order valence-electron chi connectivity index (χ3n) is 2.39. The molecule has 0 spiro atoms. The molecule has 1 rings (SSSR count). The summed E-state index contributed by atoms with van der Waals surface area (Å²) in [5.41, 5.74) is 0.732. The molecule has 0 aliphatic carbocycles. The minimum atomic E-state index is -0.278. The van der Waals surface area contributed by atoms with Crippen molar-refractivity contribution in [1.29, 1.82) is 5.26 Å². The number of nitrogens with one attached hydrogen (secondary N) is 1. The van der Waals surface area contributed by atoms with Crippen molar-refractivity contribution in [1.82, 2.24) is 4.90 Å². The summed E-state index contributed by atoms with van der Waals surface area (Å²) in [6, 6.07) is 9.21. The molecule has 1 unspecified atom stereocenters. The van der Waals surface area contributed by atoms with Gasteiger partial charge in [0.05, 0.1) is 24.3 Å². The Morgan fingerprint density at radius 1 is 1.59 bits per heavy atom. The van der Waals surface area contributed by atoms with E-state index in [1.165, 1.54) is 0 Å². The van der Waals surface area contributed by atoms with Crippen LogP contribution in [0, 0.1) is 11.3 Å². The second kappa shape index (κ2) is 6.38. The topological polar surface area (TPSA) is 56.1 Å². The van der Waals surface area contributed by atoms with E-state index in [1.54, 1.807) is 18.9 Å². The molecule has 0 heterocycles. The van der Waals surface area contributed by atoms with E-state index in [-0.39, 0.29) is 18.5 Å². The molecule has 0 radical (unpaired) electrons. The summed E-state index contributed by atoms with van der Waals surface area (Å²) in [6.07, 6.45) is 0. The quantitative estimate of drug-likeness (QED) is 0.927. The summed E-state index contributed by atoms with van der Waals surface area (Å²) < 4.78 is 0.837. The van der Waals surface area contributed by atoms with E-state index in [4.69, 9.17) is 5.26 Å². The lowest BCUT2D eigenvalue weighted by Gasteiger charge is -2.18. The number of nitrogens with zero attached hydrogens (tertiary/aromatic N) is 2. The van der Waals surface area contributed by atoms with E-state index in [0.29, 0.717) is 0 Å². The normalized spacial score (nSPS) is 11.9. The standard InChI is InChI=1S/C12H14BrN3O/c1-9(7-14)16(2)8-12(17)15-11-6-4-3-5-10(11)13/h3-6,9H,8H2,1-2H3,(H,15,17). The number of carbonyl (C=O) groups excluding carboxylic acids is 1. The second-order valence-electron chi connectivity index (χ2n) is 3.75. The minimum absolute atomic E-state index is 0.137. The fourth-order valence-corrected chi connectivity index (χ4v) is 1.60. The monoisotopic (exact) mass is 295 g/mol. The van der Waals surface area contributed by atoms with Crippen molar-refractivity contribution in [2.75, 3.05) is 18.9 Å². The zero-order valence-corrected chi connectivity index (χ0v) is 11.4. The van der Waals surface area contributed by atoms with Crippen molar-refractivity contribution < 1.29 is 4.79 Å². The Morgan fingerprint density at radius 3 is 2.82 bits per heavy atom. The Hall–Kier alpha value is -1.38. The molecule has 0 fully saturated rings. The number of anilines is 1. The third kappa shape index (κ3) is 4.17. The molecule has 1 aromatic rings. The fraction of sp³-hybridized carbons (Fsp3) is 0.333. The van der Waals surface area contributed by atoms with Crippen LogP contribution in [-0.2, 0) is 4.79 Å². The van der Waals surface area contributed by atoms with E-state index < -0.39 is 0 Å². The lowest BCUT2D eigenvalue weighted by atomic mass is 10.3. The highest BCUT2D eigenvalue weighted by Crippen LogP contribution is 2.20. The van der Waals surface area contributed by atoms with Gasteiger partial charge in [-0.1, -0.05) is 12.1 Å². The highest BCUT2D eigenvalue weighted by Gasteiger charge is 2.12. The number of benzene rings is 1. The number of hydrogen-bond acceptors (Lipinski definition) is 3. The number of hydrogen-bond donors (Lipinski definition) is 1. The summed E-state index contributed by atoms with van der Waals surface area (Å²) in [5, 5.41) is 11.5. The first-order chi connectivity index (χ1) is 8.04. The largest absolute Gasteiger partial charge is 0.324 e. The minimum Gasteiger partial charge on any atom is -0.324 e. The zero-order chi connectivity index (χ0) is 12.8. The van der Waals surface area contributed by atoms with Crippen LogP contribution in [0.15, 0.2) is 28.7 Å². The molecule has 0 saturated heterocycles. The molecule has 90 valence electrons. The average Bonchev–Trinajstić information content (AvgIpc) is 2.31. The maximum atomic E-state index is 11.7. The second-order valence-corrected chi connectivity index (χ2v) is 4.60. The highest BCUT2D eigenvalue weighted by atomic mass is 79.9. The van der Waals surface area contributed by atoms with Gasteiger partial charge in [-0.15, -0.1) is 0 Å². The Balaban J connectivity index is 2.57. The third-order valence-corrected chi connectivity index (χ3v) is 3.08. The van der Waals surface area contributed by atoms with E-state index in [2.05, 4.69) is 27.3 Å². The molecular formula is C12H14BrN3O. The van der Waals surface area contributed by atoms with Gasteiger partial charge in [-0.3, -0.25) is 9.69 Å². The van der Waals surface area contributed by atoms with Gasteiger partial charge in [0.2, 0.25) is 5.91 Å². The van der Waals surface area contributed by atoms with Crippen molar-refractivity contribution >= 4 is 27.5 Å². The van der Waals surface area contributed by atoms with E-state index in [1.807, 2.05) is 24.3 Å². The SMILES string of the molecule is CC(C#N)N(C)CC(=O)Nc1ccccc1Br. The van der Waals surface area contributed by atoms with Gasteiger partial charge in [0.1, 0.15) is 0 Å². The first-order valence-electron chi connectivity index (χ1n) is 5.19. The molecule has 0 aromatic heterocycles. The summed E-state index contributed by atoms with van der Waals surface area (Å²) in [5.74, 6) is -0.137. The van der Waals surface area contributed by atoms with Gasteiger partial charge >= 0.3 is 0 Å². The van der Waals surface area contributed by atoms with Crippen LogP contribution in [0.25, 0.3) is 0 Å². The van der Waals surface area contributed by atoms with Gasteiger partial charge < -0.3 is 5.32 Å². The van der Waals surface area contributed by atoms with E-state index in [0.717, 1.165) is 10.2 Å². The number of halogens is 1. The maximum Gasteiger partial charge on any atom is 0.238 e. The fourth-order valence-electron chi connectivity index (χ4n) is 1.21. The van der Waals surface area contributed by atoms with Crippen LogP contribution < -0.4 is 5.32 Å². The van der Waals surface area contributed by atoms with E-state index >= 15 is 0 Å². The molecule has 1 atom stereocenters. The van der Waals surface area contributed by atoms with Crippen molar-refractivity contribution in [3.8, 4) is 6.07 Å². The van der Waals surface area contributed by atoms with Crippen LogP contribution in [0.2, 0.25) is 0 Å². The van der Waals surface area contributed by atoms with Crippen LogP contribution >= 0.6 is 15.9 Å². The van der Waals surface area contributed by atoms with Gasteiger partial charge in [-0.05, 0) is 42.0 Å². The number of rotatable bonds is 4. The molecule has 0 saturated carbocycles. The molecule has 0 bridgehead atoms. The Labute approximate surface area is 109 Å². The predicted molar refractivity (Wildman–Crippen MR) is 70.5 cm³/mol. The summed E-state index contributed by atoms with van der Waals surface area (Å²) in [6.45, 7) is 1.95. The summed E-state index contributed by atoms with van der Waals surface area (Å²) >= 11 is 3.35. The first kappa shape index (κ1) is 13.7. The molecule has 5 heteroatoms. The zero-order valence-electron chi connectivity index (χ0n) is 9.77. The van der Waals surface area contributed by atoms with Crippen molar-refractivity contribution in [2.45, 2.75) is 13.0 Å². The van der Waals surface area contributed by atoms with Gasteiger partial charge in [-0.2, -0.15) is 5.26 Å². The number of carbonyl (C=O) groups is 1. The van der Waals surface area contributed by atoms with Crippen LogP contribution in [-0.4, -0.2) is 30.4 Å². The first-order valence-corrected chi connectivity index (χ1v) is 5.98. The smallest absolute Gasteiger partial charge is 0.238 e. The Kier molecular flexibility index (Phi) is 5.13. The predicted octanol–water partition coefficient (Wildman–Crippen LogP) is 2.23. The van der Waals surface area contributed by atoms with Crippen LogP contribution in [0.3, 0.4) is 0 Å². The van der Waals surface area contributed by atoms with Crippen LogP contribution in [0.4, 0.5) is 5.69 Å². The molecule has 17 heavy (non-hydrogen) atoms. The molecule has 0 aliphatic heterocycles. The average molecular weight is 296 g/mol. The highest BCUT2D eigenvalue weighted by molar-refractivity contribution is 9.10. The van der Waals surface area contributed by atoms with Gasteiger partial charge in [0, 0.05) is 4.47 Å². The van der Waals surface area contributed by atoms with Crippen LogP contribution in [0.5, 0.6) is 0 Å². The van der Waals surface area contributed by atoms with Gasteiger partial charge in [0.15, 0.2) is 0 Å². The number of likely N-dealkylation sites (N-methyl/N-ethyl adjacent to an activating group) is 1. The number of amides is 1. The molecule has 0 aliphatic rings. The molecule has 1 aromatic carbocycles. The molecule has 1 amide bonds. The lowest BCUT2D eigenvalue weighted by molar-refractivity contribution is -0.117. The van der Waals surface area contributed by atoms with Crippen molar-refractivity contribution in [3.05, 3.63) is 28.7 Å². The summed E-state index contributed by atoms with van der Waals surface area (Å²) in [7, 11) is 1.74. The van der Waals surface area contributed by atoms with Crippen molar-refractivity contribution in [3.63, 3.8) is 0 Å². The lowest BCUT2D eigenvalue weighted by Crippen LogP contribution is -2.35. The van der Waals surface area contributed by atoms with Gasteiger partial charge in [0.25, 0.3) is 0 Å². The summed E-state index contributed by atoms with van der Waals surface area (Å²) in [4.78, 5) is 13.4.